The number of carbonyl (C=O) groups excluding carboxylic acids is 1. The molecule has 1 aromatic heterocycles. The normalized spacial score (nSPS) is 18.8. The van der Waals surface area contributed by atoms with Crippen LogP contribution < -0.4 is 5.63 Å². The maximum absolute atomic E-state index is 12.4. The van der Waals surface area contributed by atoms with Crippen LogP contribution in [0.4, 0.5) is 0 Å². The van der Waals surface area contributed by atoms with E-state index in [1.165, 1.54) is 6.08 Å². The standard InChI is InChI=1S/C19H20O6/c1-9(20)4-12-6-16(22)11(3)18-14(12)8-15(19(23)25-18)17-7-13(21)5-10(2)24-17/h6-10,20,22H,4-5H2,1-3H3/t9-,10?/m1/s1. The Morgan fingerprint density at radius 2 is 2.04 bits per heavy atom. The molecule has 132 valence electrons. The first-order chi connectivity index (χ1) is 11.8. The Balaban J connectivity index is 2.26. The number of aryl methyl sites for hydroxylation is 1. The molecule has 3 rings (SSSR count). The molecule has 0 bridgehead atoms. The molecule has 2 atom stereocenters. The zero-order valence-corrected chi connectivity index (χ0v) is 14.3. The molecule has 0 aliphatic carbocycles. The van der Waals surface area contributed by atoms with Crippen LogP contribution in [-0.4, -0.2) is 28.2 Å². The van der Waals surface area contributed by atoms with E-state index in [1.54, 1.807) is 32.9 Å². The number of aromatic hydroxyl groups is 1. The average Bonchev–Trinajstić information content (AvgIpc) is 2.50. The molecule has 6 nitrogen and oxygen atoms in total. The molecule has 0 saturated carbocycles. The van der Waals surface area contributed by atoms with Crippen LogP contribution in [0, 0.1) is 6.92 Å². The summed E-state index contributed by atoms with van der Waals surface area (Å²) >= 11 is 0. The van der Waals surface area contributed by atoms with Gasteiger partial charge in [0.15, 0.2) is 5.78 Å². The van der Waals surface area contributed by atoms with Gasteiger partial charge in [0.25, 0.3) is 0 Å². The van der Waals surface area contributed by atoms with Gasteiger partial charge < -0.3 is 19.4 Å². The van der Waals surface area contributed by atoms with Crippen LogP contribution in [0.5, 0.6) is 5.75 Å². The van der Waals surface area contributed by atoms with Crippen LogP contribution in [0.15, 0.2) is 27.4 Å². The van der Waals surface area contributed by atoms with Gasteiger partial charge in [0.2, 0.25) is 0 Å². The van der Waals surface area contributed by atoms with Crippen LogP contribution in [0.1, 0.15) is 37.0 Å². The summed E-state index contributed by atoms with van der Waals surface area (Å²) in [7, 11) is 0. The third-order valence-corrected chi connectivity index (χ3v) is 4.22. The quantitative estimate of drug-likeness (QED) is 0.830. The van der Waals surface area contributed by atoms with Crippen LogP contribution in [-0.2, 0) is 16.0 Å². The number of hydrogen-bond acceptors (Lipinski definition) is 6. The highest BCUT2D eigenvalue weighted by Gasteiger charge is 2.23. The van der Waals surface area contributed by atoms with E-state index in [0.29, 0.717) is 16.5 Å². The fraction of sp³-hybridized carbons (Fsp3) is 0.368. The van der Waals surface area contributed by atoms with Crippen molar-refractivity contribution in [3.63, 3.8) is 0 Å². The lowest BCUT2D eigenvalue weighted by atomic mass is 9.98. The fourth-order valence-electron chi connectivity index (χ4n) is 3.04. The minimum absolute atomic E-state index is 0.00372. The Morgan fingerprint density at radius 1 is 1.32 bits per heavy atom. The molecule has 0 fully saturated rings. The van der Waals surface area contributed by atoms with Crippen LogP contribution in [0.25, 0.3) is 16.7 Å². The summed E-state index contributed by atoms with van der Waals surface area (Å²) < 4.78 is 11.0. The SMILES string of the molecule is Cc1c(O)cc(C[C@@H](C)O)c2cc(C3=CC(=O)CC(C)O3)c(=O)oc12. The number of allylic oxidation sites excluding steroid dienone is 1. The number of carbonyl (C=O) groups is 1. The molecule has 25 heavy (non-hydrogen) atoms. The third kappa shape index (κ3) is 3.30. The second-order valence-corrected chi connectivity index (χ2v) is 6.53. The molecule has 0 amide bonds. The second-order valence-electron chi connectivity index (χ2n) is 6.53. The van der Waals surface area contributed by atoms with Gasteiger partial charge in [0, 0.05) is 23.4 Å². The molecular weight excluding hydrogens is 324 g/mol. The first-order valence-corrected chi connectivity index (χ1v) is 8.15. The Bertz CT molecular complexity index is 935. The molecule has 1 unspecified atom stereocenters. The Hall–Kier alpha value is -2.60. The largest absolute Gasteiger partial charge is 0.508 e. The number of phenols is 1. The van der Waals surface area contributed by atoms with Crippen LogP contribution >= 0.6 is 0 Å². The van der Waals surface area contributed by atoms with E-state index in [0.717, 1.165) is 0 Å². The van der Waals surface area contributed by atoms with Gasteiger partial charge in [-0.2, -0.15) is 0 Å². The number of hydrogen-bond donors (Lipinski definition) is 2. The van der Waals surface area contributed by atoms with Crippen molar-refractivity contribution < 1.29 is 24.2 Å². The maximum Gasteiger partial charge on any atom is 0.347 e. The maximum atomic E-state index is 12.4. The predicted molar refractivity (Wildman–Crippen MR) is 92.4 cm³/mol. The minimum atomic E-state index is -0.641. The Kier molecular flexibility index (Phi) is 4.39. The summed E-state index contributed by atoms with van der Waals surface area (Å²) in [6.45, 7) is 5.04. The van der Waals surface area contributed by atoms with Gasteiger partial charge in [-0.25, -0.2) is 4.79 Å². The highest BCUT2D eigenvalue weighted by Crippen LogP contribution is 2.32. The number of rotatable bonds is 3. The Morgan fingerprint density at radius 3 is 2.68 bits per heavy atom. The first kappa shape index (κ1) is 17.2. The van der Waals surface area contributed by atoms with Gasteiger partial charge in [0.05, 0.1) is 6.10 Å². The highest BCUT2D eigenvalue weighted by atomic mass is 16.5. The summed E-state index contributed by atoms with van der Waals surface area (Å²) in [5.41, 5.74) is 0.867. The van der Waals surface area contributed by atoms with E-state index in [-0.39, 0.29) is 47.4 Å². The second kappa shape index (κ2) is 6.37. The number of aliphatic hydroxyl groups excluding tert-OH is 1. The van der Waals surface area contributed by atoms with E-state index in [9.17, 15) is 19.8 Å². The van der Waals surface area contributed by atoms with Gasteiger partial charge in [-0.05, 0) is 44.9 Å². The predicted octanol–water partition coefficient (Wildman–Crippen LogP) is 2.45. The van der Waals surface area contributed by atoms with Crippen molar-refractivity contribution in [2.45, 2.75) is 45.8 Å². The van der Waals surface area contributed by atoms with E-state index in [2.05, 4.69) is 0 Å². The minimum Gasteiger partial charge on any atom is -0.508 e. The number of ether oxygens (including phenoxy) is 1. The van der Waals surface area contributed by atoms with Crippen molar-refractivity contribution in [2.24, 2.45) is 0 Å². The van der Waals surface area contributed by atoms with E-state index >= 15 is 0 Å². The summed E-state index contributed by atoms with van der Waals surface area (Å²) in [5.74, 6) is 0.0726. The lowest BCUT2D eigenvalue weighted by Gasteiger charge is -2.20. The molecule has 1 aliphatic rings. The average molecular weight is 344 g/mol. The molecular formula is C19H20O6. The monoisotopic (exact) mass is 344 g/mol. The zero-order chi connectivity index (χ0) is 18.3. The fourth-order valence-corrected chi connectivity index (χ4v) is 3.04. The summed E-state index contributed by atoms with van der Waals surface area (Å²) in [6, 6.07) is 3.15. The van der Waals surface area contributed by atoms with Gasteiger partial charge in [-0.3, -0.25) is 4.79 Å². The van der Waals surface area contributed by atoms with Crippen molar-refractivity contribution in [3.8, 4) is 5.75 Å². The highest BCUT2D eigenvalue weighted by molar-refractivity contribution is 5.98. The number of phenolic OH excluding ortho intramolecular Hbond substituents is 1. The van der Waals surface area contributed by atoms with Gasteiger partial charge >= 0.3 is 5.63 Å². The molecule has 2 heterocycles. The van der Waals surface area contributed by atoms with Crippen molar-refractivity contribution in [3.05, 3.63) is 45.3 Å². The van der Waals surface area contributed by atoms with Crippen LogP contribution in [0.2, 0.25) is 0 Å². The molecule has 2 aromatic rings. The molecule has 1 aromatic carbocycles. The molecule has 0 spiro atoms. The molecule has 6 heteroatoms. The van der Waals surface area contributed by atoms with Crippen molar-refractivity contribution in [2.75, 3.05) is 0 Å². The summed E-state index contributed by atoms with van der Waals surface area (Å²) in [5, 5.41) is 20.4. The number of ketones is 1. The molecule has 0 radical (unpaired) electrons. The molecule has 1 aliphatic heterocycles. The number of benzene rings is 1. The smallest absolute Gasteiger partial charge is 0.347 e. The van der Waals surface area contributed by atoms with E-state index in [1.807, 2.05) is 0 Å². The molecule has 0 saturated heterocycles. The van der Waals surface area contributed by atoms with E-state index in [4.69, 9.17) is 9.15 Å². The topological polar surface area (TPSA) is 97.0 Å². The van der Waals surface area contributed by atoms with Gasteiger partial charge in [-0.1, -0.05) is 0 Å². The van der Waals surface area contributed by atoms with Gasteiger partial charge in [-0.15, -0.1) is 0 Å². The first-order valence-electron chi connectivity index (χ1n) is 8.15. The van der Waals surface area contributed by atoms with Crippen LogP contribution in [0.3, 0.4) is 0 Å². The summed E-state index contributed by atoms with van der Waals surface area (Å²) in [4.78, 5) is 24.2. The lowest BCUT2D eigenvalue weighted by molar-refractivity contribution is -0.117. The van der Waals surface area contributed by atoms with Crippen molar-refractivity contribution >= 4 is 22.5 Å². The molecule has 2 N–H and O–H groups in total. The lowest BCUT2D eigenvalue weighted by Crippen LogP contribution is -2.21. The van der Waals surface area contributed by atoms with Gasteiger partial charge in [0.1, 0.15) is 28.8 Å². The third-order valence-electron chi connectivity index (χ3n) is 4.22. The number of aliphatic hydroxyl groups is 1. The Labute approximate surface area is 144 Å². The summed E-state index contributed by atoms with van der Waals surface area (Å²) in [6.07, 6.45) is 0.906. The number of fused-ring (bicyclic) bond motifs is 1. The van der Waals surface area contributed by atoms with Crippen molar-refractivity contribution in [1.82, 2.24) is 0 Å². The van der Waals surface area contributed by atoms with Crippen molar-refractivity contribution in [1.29, 1.82) is 0 Å². The zero-order valence-electron chi connectivity index (χ0n) is 14.3. The van der Waals surface area contributed by atoms with E-state index < -0.39 is 11.7 Å².